The molecule has 2 N–H and O–H groups in total. The molecule has 1 amide bonds. The highest BCUT2D eigenvalue weighted by Crippen LogP contribution is 2.18. The summed E-state index contributed by atoms with van der Waals surface area (Å²) in [5.41, 5.74) is 5.37. The van der Waals surface area contributed by atoms with Crippen molar-refractivity contribution in [3.8, 4) is 0 Å². The third-order valence-electron chi connectivity index (χ3n) is 4.04. The molecule has 0 aliphatic carbocycles. The minimum absolute atomic E-state index is 0.264. The van der Waals surface area contributed by atoms with Gasteiger partial charge in [0.15, 0.2) is 0 Å². The molecule has 0 radical (unpaired) electrons. The molecule has 0 aliphatic rings. The van der Waals surface area contributed by atoms with Crippen molar-refractivity contribution in [1.29, 1.82) is 0 Å². The van der Waals surface area contributed by atoms with Crippen LogP contribution in [0.2, 0.25) is 0 Å². The summed E-state index contributed by atoms with van der Waals surface area (Å²) in [6.07, 6.45) is 1.57. The Kier molecular flexibility index (Phi) is 4.75. The van der Waals surface area contributed by atoms with Crippen LogP contribution in [-0.2, 0) is 0 Å². The predicted molar refractivity (Wildman–Crippen MR) is 100 cm³/mol. The van der Waals surface area contributed by atoms with Crippen LogP contribution in [0.1, 0.15) is 27.2 Å². The van der Waals surface area contributed by atoms with Crippen molar-refractivity contribution in [1.82, 2.24) is 9.97 Å². The van der Waals surface area contributed by atoms with Crippen LogP contribution in [0.25, 0.3) is 0 Å². The molecule has 0 saturated carbocycles. The average molecular weight is 332 g/mol. The van der Waals surface area contributed by atoms with Gasteiger partial charge in [-0.3, -0.25) is 4.79 Å². The van der Waals surface area contributed by atoms with E-state index in [2.05, 4.69) is 27.5 Å². The molecule has 0 fully saturated rings. The van der Waals surface area contributed by atoms with Crippen LogP contribution >= 0.6 is 0 Å². The quantitative estimate of drug-likeness (QED) is 0.743. The Morgan fingerprint density at radius 1 is 0.920 bits per heavy atom. The molecule has 0 aliphatic heterocycles. The Balaban J connectivity index is 1.77. The molecule has 25 heavy (non-hydrogen) atoms. The molecule has 3 rings (SSSR count). The van der Waals surface area contributed by atoms with Gasteiger partial charge in [0.05, 0.1) is 0 Å². The van der Waals surface area contributed by atoms with Crippen molar-refractivity contribution in [2.45, 2.75) is 20.8 Å². The SMILES string of the molecule is Cc1ccc(Nc2nccc(C(=O)Nc3ccccc3C)n2)cc1C. The van der Waals surface area contributed by atoms with Gasteiger partial charge in [-0.1, -0.05) is 24.3 Å². The summed E-state index contributed by atoms with van der Waals surface area (Å²) in [7, 11) is 0. The molecule has 126 valence electrons. The predicted octanol–water partition coefficient (Wildman–Crippen LogP) is 4.40. The van der Waals surface area contributed by atoms with Crippen molar-refractivity contribution in [2.75, 3.05) is 10.6 Å². The number of benzene rings is 2. The Bertz CT molecular complexity index is 921. The minimum atomic E-state index is -0.264. The molecular formula is C20H20N4O. The second-order valence-electron chi connectivity index (χ2n) is 5.96. The normalized spacial score (nSPS) is 10.4. The molecule has 3 aromatic rings. The number of hydrogen-bond acceptors (Lipinski definition) is 4. The number of nitrogens with zero attached hydrogens (tertiary/aromatic N) is 2. The monoisotopic (exact) mass is 332 g/mol. The van der Waals surface area contributed by atoms with E-state index in [0.717, 1.165) is 16.9 Å². The third kappa shape index (κ3) is 4.01. The van der Waals surface area contributed by atoms with E-state index in [1.165, 1.54) is 11.1 Å². The molecule has 0 spiro atoms. The van der Waals surface area contributed by atoms with Gasteiger partial charge in [0.2, 0.25) is 5.95 Å². The number of para-hydroxylation sites is 1. The summed E-state index contributed by atoms with van der Waals surface area (Å²) >= 11 is 0. The average Bonchev–Trinajstić information content (AvgIpc) is 2.60. The van der Waals surface area contributed by atoms with Gasteiger partial charge >= 0.3 is 0 Å². The van der Waals surface area contributed by atoms with Crippen molar-refractivity contribution < 1.29 is 4.79 Å². The molecular weight excluding hydrogens is 312 g/mol. The number of nitrogens with one attached hydrogen (secondary N) is 2. The summed E-state index contributed by atoms with van der Waals surface area (Å²) in [6, 6.07) is 15.2. The molecule has 5 heteroatoms. The van der Waals surface area contributed by atoms with Crippen molar-refractivity contribution in [3.05, 3.63) is 77.1 Å². The number of aromatic nitrogens is 2. The number of carbonyl (C=O) groups is 1. The molecule has 0 unspecified atom stereocenters. The van der Waals surface area contributed by atoms with Gasteiger partial charge in [0, 0.05) is 17.6 Å². The smallest absolute Gasteiger partial charge is 0.274 e. The maximum atomic E-state index is 12.4. The van der Waals surface area contributed by atoms with Crippen LogP contribution in [0.5, 0.6) is 0 Å². The first-order valence-corrected chi connectivity index (χ1v) is 8.07. The molecule has 2 aromatic carbocycles. The van der Waals surface area contributed by atoms with E-state index < -0.39 is 0 Å². The van der Waals surface area contributed by atoms with E-state index in [1.54, 1.807) is 12.3 Å². The maximum absolute atomic E-state index is 12.4. The summed E-state index contributed by atoms with van der Waals surface area (Å²) in [4.78, 5) is 20.9. The van der Waals surface area contributed by atoms with Crippen LogP contribution in [0.15, 0.2) is 54.7 Å². The highest BCUT2D eigenvalue weighted by atomic mass is 16.1. The largest absolute Gasteiger partial charge is 0.324 e. The molecule has 5 nitrogen and oxygen atoms in total. The third-order valence-corrected chi connectivity index (χ3v) is 4.04. The van der Waals surface area contributed by atoms with Crippen LogP contribution in [0.3, 0.4) is 0 Å². The van der Waals surface area contributed by atoms with Crippen LogP contribution in [0, 0.1) is 20.8 Å². The zero-order valence-electron chi connectivity index (χ0n) is 14.5. The van der Waals surface area contributed by atoms with E-state index in [-0.39, 0.29) is 5.91 Å². The molecule has 0 bridgehead atoms. The summed E-state index contributed by atoms with van der Waals surface area (Å²) in [6.45, 7) is 6.06. The zero-order valence-corrected chi connectivity index (χ0v) is 14.5. The summed E-state index contributed by atoms with van der Waals surface area (Å²) in [5, 5.41) is 6.02. The summed E-state index contributed by atoms with van der Waals surface area (Å²) < 4.78 is 0. The van der Waals surface area contributed by atoms with Gasteiger partial charge in [-0.2, -0.15) is 0 Å². The standard InChI is InChI=1S/C20H20N4O/c1-13-8-9-16(12-15(13)3)22-20-21-11-10-18(24-20)19(25)23-17-7-5-4-6-14(17)2/h4-12H,1-3H3,(H,23,25)(H,21,22,24). The van der Waals surface area contributed by atoms with Crippen LogP contribution in [-0.4, -0.2) is 15.9 Å². The van der Waals surface area contributed by atoms with Crippen molar-refractivity contribution in [3.63, 3.8) is 0 Å². The van der Waals surface area contributed by atoms with Gasteiger partial charge in [-0.05, 0) is 61.7 Å². The Hall–Kier alpha value is -3.21. The zero-order chi connectivity index (χ0) is 17.8. The van der Waals surface area contributed by atoms with Crippen molar-refractivity contribution >= 4 is 23.2 Å². The van der Waals surface area contributed by atoms with Gasteiger partial charge in [0.1, 0.15) is 5.69 Å². The first-order chi connectivity index (χ1) is 12.0. The number of carbonyl (C=O) groups excluding carboxylic acids is 1. The lowest BCUT2D eigenvalue weighted by atomic mass is 10.1. The number of aryl methyl sites for hydroxylation is 3. The first kappa shape index (κ1) is 16.6. The maximum Gasteiger partial charge on any atom is 0.274 e. The minimum Gasteiger partial charge on any atom is -0.324 e. The second-order valence-corrected chi connectivity index (χ2v) is 5.96. The van der Waals surface area contributed by atoms with Crippen LogP contribution < -0.4 is 10.6 Å². The fraction of sp³-hybridized carbons (Fsp3) is 0.150. The summed E-state index contributed by atoms with van der Waals surface area (Å²) in [5.74, 6) is 0.125. The fourth-order valence-electron chi connectivity index (χ4n) is 2.39. The highest BCUT2D eigenvalue weighted by molar-refractivity contribution is 6.03. The lowest BCUT2D eigenvalue weighted by Crippen LogP contribution is -2.15. The fourth-order valence-corrected chi connectivity index (χ4v) is 2.39. The number of anilines is 3. The lowest BCUT2D eigenvalue weighted by Gasteiger charge is -2.10. The van der Waals surface area contributed by atoms with Crippen LogP contribution in [0.4, 0.5) is 17.3 Å². The van der Waals surface area contributed by atoms with Gasteiger partial charge < -0.3 is 10.6 Å². The number of rotatable bonds is 4. The van der Waals surface area contributed by atoms with Gasteiger partial charge in [-0.25, -0.2) is 9.97 Å². The Morgan fingerprint density at radius 3 is 2.48 bits per heavy atom. The Morgan fingerprint density at radius 2 is 1.72 bits per heavy atom. The van der Waals surface area contributed by atoms with E-state index >= 15 is 0 Å². The molecule has 0 saturated heterocycles. The number of hydrogen-bond donors (Lipinski definition) is 2. The van der Waals surface area contributed by atoms with Gasteiger partial charge in [0.25, 0.3) is 5.91 Å². The Labute approximate surface area is 147 Å². The molecule has 1 heterocycles. The van der Waals surface area contributed by atoms with Gasteiger partial charge in [-0.15, -0.1) is 0 Å². The van der Waals surface area contributed by atoms with E-state index in [4.69, 9.17) is 0 Å². The lowest BCUT2D eigenvalue weighted by molar-refractivity contribution is 0.102. The molecule has 0 atom stereocenters. The molecule has 1 aromatic heterocycles. The van der Waals surface area contributed by atoms with E-state index in [9.17, 15) is 4.79 Å². The van der Waals surface area contributed by atoms with E-state index in [0.29, 0.717) is 11.6 Å². The second kappa shape index (κ2) is 7.13. The number of amides is 1. The van der Waals surface area contributed by atoms with Crippen molar-refractivity contribution in [2.24, 2.45) is 0 Å². The topological polar surface area (TPSA) is 66.9 Å². The first-order valence-electron chi connectivity index (χ1n) is 8.07. The highest BCUT2D eigenvalue weighted by Gasteiger charge is 2.10. The van der Waals surface area contributed by atoms with E-state index in [1.807, 2.05) is 56.3 Å².